The van der Waals surface area contributed by atoms with Gasteiger partial charge in [-0.25, -0.2) is 0 Å². The molecule has 0 saturated heterocycles. The van der Waals surface area contributed by atoms with Crippen molar-refractivity contribution in [3.05, 3.63) is 0 Å². The van der Waals surface area contributed by atoms with Crippen molar-refractivity contribution in [2.45, 2.75) is 157 Å². The Morgan fingerprint density at radius 3 is 0.444 bits per heavy atom. The van der Waals surface area contributed by atoms with Crippen LogP contribution in [0.1, 0.15) is 157 Å². The number of unbranched alkanes of at least 4 members (excludes halogenated alkanes) is 6. The number of rotatable bonds is 18. The summed E-state index contributed by atoms with van der Waals surface area (Å²) in [5.74, 6) is -5.66. The zero-order chi connectivity index (χ0) is 34.2. The predicted molar refractivity (Wildman–Crippen MR) is 153 cm³/mol. The van der Waals surface area contributed by atoms with E-state index in [9.17, 15) is 59.4 Å². The zero-order valence-electron chi connectivity index (χ0n) is 28.0. The normalized spacial score (nSPS) is 8.13. The van der Waals surface area contributed by atoms with Crippen LogP contribution in [-0.2, 0) is 62.3 Å². The van der Waals surface area contributed by atoms with E-state index in [4.69, 9.17) is 0 Å². The molecule has 0 spiro atoms. The molecule has 0 amide bonds. The number of carbonyl (C=O) groups is 6. The Kier molecular flexibility index (Phi) is 92.3. The maximum Gasteiger partial charge on any atom is 2.00 e. The molecule has 0 aromatic rings. The molecular weight excluding hydrogens is 812 g/mol. The van der Waals surface area contributed by atoms with Gasteiger partial charge in [0.2, 0.25) is 0 Å². The molecule has 0 bridgehead atoms. The Morgan fingerprint density at radius 1 is 0.333 bits per heavy atom. The van der Waals surface area contributed by atoms with Crippen molar-refractivity contribution in [2.75, 3.05) is 0 Å². The van der Waals surface area contributed by atoms with Crippen molar-refractivity contribution in [2.24, 2.45) is 0 Å². The number of hydrogen-bond donors (Lipinski definition) is 0. The summed E-state index contributed by atoms with van der Waals surface area (Å²) in [5, 5.41) is 57.9. The molecule has 0 aliphatic rings. The van der Waals surface area contributed by atoms with Crippen LogP contribution < -0.4 is 30.6 Å². The van der Waals surface area contributed by atoms with Crippen LogP contribution in [0.2, 0.25) is 0 Å². The van der Waals surface area contributed by atoms with Gasteiger partial charge in [0.15, 0.2) is 0 Å². The van der Waals surface area contributed by atoms with Crippen molar-refractivity contribution in [3.8, 4) is 0 Å². The van der Waals surface area contributed by atoms with Gasteiger partial charge in [-0.2, -0.15) is 0 Å². The molecule has 0 rings (SSSR count). The maximum atomic E-state index is 9.65. The van der Waals surface area contributed by atoms with Crippen LogP contribution in [-0.4, -0.2) is 84.7 Å². The molecule has 0 saturated carbocycles. The van der Waals surface area contributed by atoms with Crippen LogP contribution in [0.3, 0.4) is 0 Å². The Labute approximate surface area is 331 Å². The fourth-order valence-electron chi connectivity index (χ4n) is 1.93. The van der Waals surface area contributed by atoms with Crippen molar-refractivity contribution in [1.82, 2.24) is 0 Å². The zero-order valence-corrected chi connectivity index (χ0v) is 34.3. The number of aliphatic carboxylic acids is 6. The van der Waals surface area contributed by atoms with E-state index in [1.165, 1.54) is 0 Å². The summed E-state index contributed by atoms with van der Waals surface area (Å²) in [4.78, 5) is 57.9. The fraction of sp³-hybridized carbons (Fsp3) is 0.800. The van der Waals surface area contributed by atoms with Crippen LogP contribution in [0.25, 0.3) is 0 Å². The van der Waals surface area contributed by atoms with Crippen molar-refractivity contribution >= 4 is 84.7 Å². The average Bonchev–Trinajstić information content (AvgIpc) is 2.91. The average molecular weight is 866 g/mol. The number of carboxylic acids is 6. The number of carboxylic acid groups (broad SMARTS) is 6. The van der Waals surface area contributed by atoms with E-state index >= 15 is 0 Å². The third-order valence-corrected chi connectivity index (χ3v) is 4.41. The topological polar surface area (TPSA) is 241 Å². The van der Waals surface area contributed by atoms with Gasteiger partial charge in [-0.05, 0) is 77.0 Å². The second-order valence-electron chi connectivity index (χ2n) is 8.85. The second-order valence-corrected chi connectivity index (χ2v) is 8.85. The molecule has 0 heterocycles. The van der Waals surface area contributed by atoms with Crippen LogP contribution >= 0.6 is 0 Å². The number of hydrogen-bond acceptors (Lipinski definition) is 12. The summed E-state index contributed by atoms with van der Waals surface area (Å²) < 4.78 is 0. The van der Waals surface area contributed by atoms with Crippen LogP contribution in [0.4, 0.5) is 0 Å². The van der Waals surface area contributed by atoms with Crippen molar-refractivity contribution in [3.63, 3.8) is 0 Å². The Morgan fingerprint density at radius 2 is 0.422 bits per heavy atom. The van der Waals surface area contributed by atoms with Gasteiger partial charge in [0.05, 0.1) is 0 Å². The maximum absolute atomic E-state index is 9.65. The van der Waals surface area contributed by atoms with Gasteiger partial charge in [-0.1, -0.05) is 80.1 Å². The fourth-order valence-corrected chi connectivity index (χ4v) is 1.93. The summed E-state index contributed by atoms with van der Waals surface area (Å²) in [7, 11) is 0. The molecule has 0 aromatic carbocycles. The van der Waals surface area contributed by atoms with Gasteiger partial charge in [-0.15, -0.1) is 0 Å². The molecule has 0 atom stereocenters. The molecule has 269 valence electrons. The Bertz CT molecular complexity index is 515. The predicted octanol–water partition coefficient (Wildman–Crippen LogP) is -0.827. The molecule has 0 aromatic heterocycles. The molecule has 0 aliphatic carbocycles. The van der Waals surface area contributed by atoms with Gasteiger partial charge in [-0.3, -0.25) is 0 Å². The van der Waals surface area contributed by atoms with Crippen LogP contribution in [0.5, 0.6) is 0 Å². The first-order valence-corrected chi connectivity index (χ1v) is 14.8. The third-order valence-electron chi connectivity index (χ3n) is 4.41. The molecule has 0 N–H and O–H groups in total. The molecular formula is C30H54BaCuNiO12. The van der Waals surface area contributed by atoms with Crippen LogP contribution in [0, 0.1) is 0 Å². The summed E-state index contributed by atoms with van der Waals surface area (Å²) in [6.07, 6.45) is 11.2. The SMILES string of the molecule is CCCCC(=O)[O-].CCCCC(=O)[O-].CCCCC(=O)[O-].CCCCC(=O)[O-].CCCCC(=O)[O-].CCCCC(=O)[O-].[Ba+2].[Cu+2].[Ni+2]. The van der Waals surface area contributed by atoms with E-state index in [1.807, 2.05) is 41.5 Å². The standard InChI is InChI=1S/6C5H10O2.Ba.Cu.Ni/c6*1-2-3-4-5(6)7;;;/h6*2-4H2,1H3,(H,6,7);;;/q;;;;;;3*+2/p-6. The van der Waals surface area contributed by atoms with E-state index in [0.29, 0.717) is 0 Å². The minimum absolute atomic E-state index is 0. The molecule has 0 unspecified atom stereocenters. The van der Waals surface area contributed by atoms with Gasteiger partial charge in [0.1, 0.15) is 0 Å². The molecule has 12 nitrogen and oxygen atoms in total. The first-order chi connectivity index (χ1) is 19.6. The summed E-state index contributed by atoms with van der Waals surface area (Å²) in [5.41, 5.74) is 0. The van der Waals surface area contributed by atoms with Crippen LogP contribution in [0.15, 0.2) is 0 Å². The minimum atomic E-state index is -0.943. The molecule has 0 fully saturated rings. The van der Waals surface area contributed by atoms with E-state index in [-0.39, 0.29) is 121 Å². The number of carbonyl (C=O) groups excluding carboxylic acids is 6. The Balaban J connectivity index is -0.0000000487. The smallest absolute Gasteiger partial charge is 0.550 e. The first kappa shape index (κ1) is 66.7. The van der Waals surface area contributed by atoms with Gasteiger partial charge >= 0.3 is 82.4 Å². The third kappa shape index (κ3) is 136. The van der Waals surface area contributed by atoms with Gasteiger partial charge in [0, 0.05) is 35.8 Å². The van der Waals surface area contributed by atoms with Gasteiger partial charge < -0.3 is 59.4 Å². The van der Waals surface area contributed by atoms with Crippen molar-refractivity contribution < 1.29 is 93.0 Å². The molecule has 1 radical (unpaired) electrons. The molecule has 45 heavy (non-hydrogen) atoms. The van der Waals surface area contributed by atoms with E-state index in [1.54, 1.807) is 0 Å². The van der Waals surface area contributed by atoms with E-state index < -0.39 is 35.8 Å². The second kappa shape index (κ2) is 62.3. The van der Waals surface area contributed by atoms with Gasteiger partial charge in [0.25, 0.3) is 0 Å². The Hall–Kier alpha value is -0.596. The molecule has 15 heteroatoms. The summed E-state index contributed by atoms with van der Waals surface area (Å²) >= 11 is 0. The summed E-state index contributed by atoms with van der Waals surface area (Å²) in [6, 6.07) is 0. The quantitative estimate of drug-likeness (QED) is 0.154. The minimum Gasteiger partial charge on any atom is -0.550 e. The molecule has 0 aliphatic heterocycles. The van der Waals surface area contributed by atoms with E-state index in [2.05, 4.69) is 0 Å². The van der Waals surface area contributed by atoms with E-state index in [0.717, 1.165) is 77.0 Å². The monoisotopic (exact) mass is 865 g/mol. The largest absolute Gasteiger partial charge is 2.00 e. The first-order valence-electron chi connectivity index (χ1n) is 14.8. The summed E-state index contributed by atoms with van der Waals surface area (Å²) in [6.45, 7) is 11.7. The van der Waals surface area contributed by atoms with Crippen molar-refractivity contribution in [1.29, 1.82) is 0 Å².